The number of nitrogens with zero attached hydrogens (tertiary/aromatic N) is 1. The molecule has 36 heavy (non-hydrogen) atoms. The average molecular weight is 503 g/mol. The zero-order valence-corrected chi connectivity index (χ0v) is 21.3. The molecule has 0 bridgehead atoms. The van der Waals surface area contributed by atoms with E-state index in [-0.39, 0.29) is 0 Å². The van der Waals surface area contributed by atoms with Crippen molar-refractivity contribution in [2.45, 2.75) is 45.7 Å². The Morgan fingerprint density at radius 1 is 1.22 bits per heavy atom. The van der Waals surface area contributed by atoms with Crippen LogP contribution < -0.4 is 5.48 Å². The lowest BCUT2D eigenvalue weighted by atomic mass is 10.0. The fourth-order valence-corrected chi connectivity index (χ4v) is 5.61. The van der Waals surface area contributed by atoms with Gasteiger partial charge in [0, 0.05) is 58.7 Å². The molecule has 1 atom stereocenters. The maximum atomic E-state index is 11.4. The normalized spacial score (nSPS) is 15.3. The molecule has 0 saturated carbocycles. The van der Waals surface area contributed by atoms with E-state index in [9.17, 15) is 4.79 Å². The van der Waals surface area contributed by atoms with Crippen LogP contribution in [0.25, 0.3) is 17.0 Å². The molecule has 0 radical (unpaired) electrons. The van der Waals surface area contributed by atoms with Gasteiger partial charge in [-0.3, -0.25) is 14.9 Å². The van der Waals surface area contributed by atoms with Gasteiger partial charge in [-0.25, -0.2) is 5.48 Å². The number of fused-ring (bicyclic) bond motifs is 2. The van der Waals surface area contributed by atoms with Crippen LogP contribution in [-0.4, -0.2) is 32.5 Å². The van der Waals surface area contributed by atoms with Gasteiger partial charge in [-0.1, -0.05) is 35.9 Å². The van der Waals surface area contributed by atoms with Gasteiger partial charge in [-0.05, 0) is 85.2 Å². The van der Waals surface area contributed by atoms with Gasteiger partial charge in [-0.15, -0.1) is 0 Å². The summed E-state index contributed by atoms with van der Waals surface area (Å²) in [7, 11) is 0. The number of halogens is 1. The van der Waals surface area contributed by atoms with Gasteiger partial charge in [0.05, 0.1) is 0 Å². The summed E-state index contributed by atoms with van der Waals surface area (Å²) < 4.78 is 0. The molecule has 4 N–H and O–H groups in total. The monoisotopic (exact) mass is 502 g/mol. The van der Waals surface area contributed by atoms with E-state index in [0.29, 0.717) is 6.04 Å². The van der Waals surface area contributed by atoms with E-state index in [1.54, 1.807) is 11.6 Å². The van der Waals surface area contributed by atoms with E-state index < -0.39 is 5.91 Å². The third-order valence-corrected chi connectivity index (χ3v) is 7.44. The summed E-state index contributed by atoms with van der Waals surface area (Å²) in [4.78, 5) is 20.9. The molecule has 1 aliphatic carbocycles. The number of benzene rings is 2. The minimum Gasteiger partial charge on any atom is -0.361 e. The smallest absolute Gasteiger partial charge is 0.267 e. The van der Waals surface area contributed by atoms with Gasteiger partial charge in [0.1, 0.15) is 0 Å². The molecule has 2 heterocycles. The molecule has 0 fully saturated rings. The number of hydroxylamine groups is 1. The van der Waals surface area contributed by atoms with Gasteiger partial charge < -0.3 is 9.97 Å². The van der Waals surface area contributed by atoms with Crippen LogP contribution >= 0.6 is 11.6 Å². The first-order valence-corrected chi connectivity index (χ1v) is 12.7. The van der Waals surface area contributed by atoms with Gasteiger partial charge >= 0.3 is 0 Å². The van der Waals surface area contributed by atoms with Crippen LogP contribution in [0.1, 0.15) is 51.7 Å². The predicted molar refractivity (Wildman–Crippen MR) is 144 cm³/mol. The molecule has 0 aliphatic heterocycles. The number of nitrogens with one attached hydrogen (secondary N) is 3. The van der Waals surface area contributed by atoms with Crippen molar-refractivity contribution in [1.82, 2.24) is 20.3 Å². The molecule has 0 spiro atoms. The Morgan fingerprint density at radius 3 is 2.86 bits per heavy atom. The van der Waals surface area contributed by atoms with Crippen molar-refractivity contribution in [3.63, 3.8) is 0 Å². The fourth-order valence-electron chi connectivity index (χ4n) is 5.43. The van der Waals surface area contributed by atoms with Gasteiger partial charge in [0.15, 0.2) is 0 Å². The Labute approximate surface area is 215 Å². The van der Waals surface area contributed by atoms with E-state index in [4.69, 9.17) is 16.8 Å². The van der Waals surface area contributed by atoms with Crippen molar-refractivity contribution in [2.24, 2.45) is 0 Å². The third kappa shape index (κ3) is 5.12. The highest BCUT2D eigenvalue weighted by Crippen LogP contribution is 2.38. The first kappa shape index (κ1) is 24.4. The zero-order valence-electron chi connectivity index (χ0n) is 20.6. The number of hydrogen-bond donors (Lipinski definition) is 4. The molecule has 186 valence electrons. The summed E-state index contributed by atoms with van der Waals surface area (Å²) in [6.45, 7) is 6.06. The van der Waals surface area contributed by atoms with Crippen molar-refractivity contribution in [2.75, 3.05) is 6.54 Å². The lowest BCUT2D eigenvalue weighted by molar-refractivity contribution is -0.124. The summed E-state index contributed by atoms with van der Waals surface area (Å²) in [5.41, 5.74) is 11.4. The standard InChI is InChI=1S/C29H31ClN4O2/c1-18-13-19(2)32-27(18)17-34(12-11-22-16-31-26-15-23(30)6-8-24(22)26)28-9-5-21-14-20(3-7-25(21)28)4-10-29(35)33-36/h3-4,6-8,10,13-16,28,31-32,36H,5,9,11-12,17H2,1-2H3,(H,33,35). The Bertz CT molecular complexity index is 1430. The van der Waals surface area contributed by atoms with Crippen LogP contribution in [0.3, 0.4) is 0 Å². The highest BCUT2D eigenvalue weighted by Gasteiger charge is 2.29. The largest absolute Gasteiger partial charge is 0.361 e. The molecule has 1 unspecified atom stereocenters. The van der Waals surface area contributed by atoms with Crippen molar-refractivity contribution < 1.29 is 10.0 Å². The van der Waals surface area contributed by atoms with E-state index in [2.05, 4.69) is 59.2 Å². The molecular weight excluding hydrogens is 472 g/mol. The predicted octanol–water partition coefficient (Wildman–Crippen LogP) is 6.02. The quantitative estimate of drug-likeness (QED) is 0.135. The summed E-state index contributed by atoms with van der Waals surface area (Å²) in [5, 5.41) is 10.7. The van der Waals surface area contributed by atoms with Crippen molar-refractivity contribution >= 4 is 34.5 Å². The maximum Gasteiger partial charge on any atom is 0.267 e. The second-order valence-corrected chi connectivity index (χ2v) is 10.1. The average Bonchev–Trinajstić information content (AvgIpc) is 3.56. The van der Waals surface area contributed by atoms with Crippen LogP contribution in [0.15, 0.2) is 54.7 Å². The van der Waals surface area contributed by atoms with Crippen molar-refractivity contribution in [3.8, 4) is 0 Å². The second-order valence-electron chi connectivity index (χ2n) is 9.66. The molecule has 0 saturated heterocycles. The van der Waals surface area contributed by atoms with Crippen LogP contribution in [0.4, 0.5) is 0 Å². The minimum absolute atomic E-state index is 0.321. The highest BCUT2D eigenvalue weighted by atomic mass is 35.5. The summed E-state index contributed by atoms with van der Waals surface area (Å²) in [5.74, 6) is -0.532. The molecule has 2 aromatic heterocycles. The first-order valence-electron chi connectivity index (χ1n) is 12.3. The molecule has 4 aromatic rings. The number of amides is 1. The Kier molecular flexibility index (Phi) is 7.01. The maximum absolute atomic E-state index is 11.4. The Balaban J connectivity index is 1.40. The molecule has 1 amide bonds. The number of carbonyl (C=O) groups excluding carboxylic acids is 1. The van der Waals surface area contributed by atoms with E-state index >= 15 is 0 Å². The van der Waals surface area contributed by atoms with Crippen molar-refractivity contribution in [3.05, 3.63) is 99.0 Å². The Morgan fingerprint density at radius 2 is 2.08 bits per heavy atom. The number of aryl methyl sites for hydroxylation is 3. The minimum atomic E-state index is -0.532. The summed E-state index contributed by atoms with van der Waals surface area (Å²) >= 11 is 6.18. The van der Waals surface area contributed by atoms with Crippen molar-refractivity contribution in [1.29, 1.82) is 0 Å². The third-order valence-electron chi connectivity index (χ3n) is 7.21. The molecular formula is C29H31ClN4O2. The van der Waals surface area contributed by atoms with E-state index in [0.717, 1.165) is 48.5 Å². The lowest BCUT2D eigenvalue weighted by Gasteiger charge is -2.30. The van der Waals surface area contributed by atoms with Crippen LogP contribution in [0.2, 0.25) is 5.02 Å². The molecule has 2 aromatic carbocycles. The number of hydrogen-bond acceptors (Lipinski definition) is 3. The Hall–Kier alpha value is -3.32. The number of aromatic nitrogens is 2. The fraction of sp³-hybridized carbons (Fsp3) is 0.276. The topological polar surface area (TPSA) is 84.2 Å². The second kappa shape index (κ2) is 10.3. The van der Waals surface area contributed by atoms with Crippen LogP contribution in [0.5, 0.6) is 0 Å². The van der Waals surface area contributed by atoms with Gasteiger partial charge in [0.25, 0.3) is 5.91 Å². The summed E-state index contributed by atoms with van der Waals surface area (Å²) in [6.07, 6.45) is 8.16. The molecule has 5 rings (SSSR count). The lowest BCUT2D eigenvalue weighted by Crippen LogP contribution is -2.29. The SMILES string of the molecule is Cc1cc(C)c(CN(CCc2c[nH]c3cc(Cl)ccc23)C2CCc3cc(C=CC(=O)NO)ccc32)[nH]1. The van der Waals surface area contributed by atoms with E-state index in [1.165, 1.54) is 45.1 Å². The highest BCUT2D eigenvalue weighted by molar-refractivity contribution is 6.31. The first-order chi connectivity index (χ1) is 17.4. The number of H-pyrrole nitrogens is 2. The van der Waals surface area contributed by atoms with Gasteiger partial charge in [-0.2, -0.15) is 0 Å². The number of carbonyl (C=O) groups is 1. The van der Waals surface area contributed by atoms with Gasteiger partial charge in [0.2, 0.25) is 0 Å². The number of rotatable bonds is 8. The molecule has 1 aliphatic rings. The summed E-state index contributed by atoms with van der Waals surface area (Å²) in [6, 6.07) is 15.0. The molecule has 6 nitrogen and oxygen atoms in total. The van der Waals surface area contributed by atoms with E-state index in [1.807, 2.05) is 18.2 Å². The zero-order chi connectivity index (χ0) is 25.2. The molecule has 7 heteroatoms. The van der Waals surface area contributed by atoms with Crippen LogP contribution in [-0.2, 0) is 24.2 Å². The number of aromatic amines is 2. The van der Waals surface area contributed by atoms with Crippen LogP contribution in [0, 0.1) is 13.8 Å².